The number of benzene rings is 4. The van der Waals surface area contributed by atoms with Crippen LogP contribution < -0.4 is 0 Å². The van der Waals surface area contributed by atoms with Gasteiger partial charge >= 0.3 is 0 Å². The van der Waals surface area contributed by atoms with Crippen molar-refractivity contribution in [3.05, 3.63) is 158 Å². The highest BCUT2D eigenvalue weighted by Gasteiger charge is 2.19. The van der Waals surface area contributed by atoms with Gasteiger partial charge in [-0.1, -0.05) is 60.7 Å². The lowest BCUT2D eigenvalue weighted by atomic mass is 9.91. The fourth-order valence-electron chi connectivity index (χ4n) is 6.93. The molecule has 0 fully saturated rings. The van der Waals surface area contributed by atoms with Crippen LogP contribution in [0.2, 0.25) is 0 Å². The summed E-state index contributed by atoms with van der Waals surface area (Å²) >= 11 is 0. The van der Waals surface area contributed by atoms with E-state index in [0.29, 0.717) is 23.2 Å². The maximum Gasteiger partial charge on any atom is 0.182 e. The fourth-order valence-corrected chi connectivity index (χ4v) is 6.93. The van der Waals surface area contributed by atoms with Crippen LogP contribution in [0, 0.1) is 0 Å². The molecule has 0 saturated heterocycles. The third-order valence-electron chi connectivity index (χ3n) is 9.30. The molecule has 0 bridgehead atoms. The standard InChI is InChI=1S/C44H26N8/c1-2-10-27(11-3-1)42-50-43(52-44(51-42)37-16-4-5-17-45-37)32-23-30(35-25-28-12-6-18-46-38(28)40-33(35)14-8-20-48-40)22-31(24-32)36-26-29-13-7-19-47-39(29)41-34(36)15-9-21-49-41/h1-26H. The first-order valence-corrected chi connectivity index (χ1v) is 16.9. The van der Waals surface area contributed by atoms with Crippen LogP contribution in [0.4, 0.5) is 0 Å². The zero-order valence-corrected chi connectivity index (χ0v) is 27.6. The van der Waals surface area contributed by atoms with Gasteiger partial charge in [-0.15, -0.1) is 0 Å². The zero-order chi connectivity index (χ0) is 34.4. The quantitative estimate of drug-likeness (QED) is 0.167. The van der Waals surface area contributed by atoms with Gasteiger partial charge in [0.2, 0.25) is 0 Å². The Balaban J connectivity index is 1.30. The molecule has 0 spiro atoms. The van der Waals surface area contributed by atoms with E-state index in [-0.39, 0.29) is 0 Å². The molecule has 10 rings (SSSR count). The van der Waals surface area contributed by atoms with E-state index >= 15 is 0 Å². The van der Waals surface area contributed by atoms with Gasteiger partial charge in [-0.3, -0.25) is 24.9 Å². The highest BCUT2D eigenvalue weighted by Crippen LogP contribution is 2.40. The molecule has 6 heterocycles. The van der Waals surface area contributed by atoms with Crippen LogP contribution in [-0.2, 0) is 0 Å². The Morgan fingerprint density at radius 3 is 1.37 bits per heavy atom. The predicted octanol–water partition coefficient (Wildman–Crippen LogP) is 9.79. The smallest absolute Gasteiger partial charge is 0.182 e. The Kier molecular flexibility index (Phi) is 6.95. The molecule has 0 N–H and O–H groups in total. The van der Waals surface area contributed by atoms with E-state index in [1.54, 1.807) is 6.20 Å². The summed E-state index contributed by atoms with van der Waals surface area (Å²) in [6.07, 6.45) is 9.01. The Labute approximate surface area is 297 Å². The molecule has 8 nitrogen and oxygen atoms in total. The summed E-state index contributed by atoms with van der Waals surface area (Å²) in [5, 5.41) is 4.01. The Morgan fingerprint density at radius 1 is 0.308 bits per heavy atom. The third kappa shape index (κ3) is 5.09. The van der Waals surface area contributed by atoms with Crippen molar-refractivity contribution < 1.29 is 0 Å². The van der Waals surface area contributed by atoms with E-state index in [2.05, 4.69) is 59.6 Å². The van der Waals surface area contributed by atoms with Crippen LogP contribution in [0.1, 0.15) is 0 Å². The van der Waals surface area contributed by atoms with Crippen LogP contribution in [0.15, 0.2) is 158 Å². The van der Waals surface area contributed by atoms with Crippen molar-refractivity contribution >= 4 is 43.6 Å². The largest absolute Gasteiger partial charge is 0.254 e. The monoisotopic (exact) mass is 666 g/mol. The van der Waals surface area contributed by atoms with Crippen molar-refractivity contribution in [1.82, 2.24) is 39.9 Å². The number of nitrogens with zero attached hydrogens (tertiary/aromatic N) is 8. The molecule has 0 atom stereocenters. The lowest BCUT2D eigenvalue weighted by Gasteiger charge is -2.15. The van der Waals surface area contributed by atoms with Crippen molar-refractivity contribution in [2.45, 2.75) is 0 Å². The maximum atomic E-state index is 5.10. The molecule has 242 valence electrons. The summed E-state index contributed by atoms with van der Waals surface area (Å²) in [7, 11) is 0. The Hall–Kier alpha value is -7.32. The zero-order valence-electron chi connectivity index (χ0n) is 27.6. The molecule has 4 aromatic carbocycles. The van der Waals surface area contributed by atoms with Gasteiger partial charge in [-0.2, -0.15) is 0 Å². The normalized spacial score (nSPS) is 11.5. The number of fused-ring (bicyclic) bond motifs is 6. The molecule has 0 aliphatic carbocycles. The van der Waals surface area contributed by atoms with Gasteiger partial charge in [0.05, 0.1) is 22.1 Å². The average Bonchev–Trinajstić information content (AvgIpc) is 3.23. The van der Waals surface area contributed by atoms with Crippen molar-refractivity contribution in [3.8, 4) is 56.5 Å². The topological polar surface area (TPSA) is 103 Å². The lowest BCUT2D eigenvalue weighted by Crippen LogP contribution is -2.01. The lowest BCUT2D eigenvalue weighted by molar-refractivity contribution is 1.06. The SMILES string of the molecule is c1ccc(-c2nc(-c3cc(-c4cc5cccnc5c5ncccc45)cc(-c4cc5cccnc5c5ncccc45)c3)nc(-c3ccccn3)n2)cc1. The molecular weight excluding hydrogens is 641 g/mol. The molecule has 10 aromatic rings. The molecular formula is C44H26N8. The van der Waals surface area contributed by atoms with Gasteiger partial charge in [-0.05, 0) is 89.0 Å². The minimum Gasteiger partial charge on any atom is -0.254 e. The van der Waals surface area contributed by atoms with E-state index in [0.717, 1.165) is 77.0 Å². The van der Waals surface area contributed by atoms with Gasteiger partial charge in [0.15, 0.2) is 17.5 Å². The summed E-state index contributed by atoms with van der Waals surface area (Å²) in [5.74, 6) is 1.60. The third-order valence-corrected chi connectivity index (χ3v) is 9.30. The highest BCUT2D eigenvalue weighted by molar-refractivity contribution is 6.12. The second kappa shape index (κ2) is 12.2. The molecule has 6 aromatic heterocycles. The highest BCUT2D eigenvalue weighted by atomic mass is 15.0. The van der Waals surface area contributed by atoms with Crippen LogP contribution in [0.25, 0.3) is 100 Å². The molecule has 0 saturated carbocycles. The second-order valence-corrected chi connectivity index (χ2v) is 12.5. The average molecular weight is 667 g/mol. The van der Waals surface area contributed by atoms with Gasteiger partial charge in [-0.25, -0.2) is 15.0 Å². The van der Waals surface area contributed by atoms with E-state index in [4.69, 9.17) is 34.9 Å². The number of hydrogen-bond acceptors (Lipinski definition) is 8. The molecule has 0 aliphatic rings. The summed E-state index contributed by atoms with van der Waals surface area (Å²) in [6, 6.07) is 42.9. The van der Waals surface area contributed by atoms with Crippen LogP contribution in [0.3, 0.4) is 0 Å². The summed E-state index contributed by atoms with van der Waals surface area (Å²) in [6.45, 7) is 0. The van der Waals surface area contributed by atoms with E-state index < -0.39 is 0 Å². The summed E-state index contributed by atoms with van der Waals surface area (Å²) < 4.78 is 0. The van der Waals surface area contributed by atoms with Gasteiger partial charge in [0, 0.05) is 63.7 Å². The Bertz CT molecular complexity index is 2770. The van der Waals surface area contributed by atoms with Crippen molar-refractivity contribution in [2.24, 2.45) is 0 Å². The predicted molar refractivity (Wildman–Crippen MR) is 206 cm³/mol. The Morgan fingerprint density at radius 2 is 0.788 bits per heavy atom. The van der Waals surface area contributed by atoms with E-state index in [9.17, 15) is 0 Å². The molecule has 52 heavy (non-hydrogen) atoms. The van der Waals surface area contributed by atoms with E-state index in [1.807, 2.05) is 97.6 Å². The number of pyridine rings is 5. The minimum atomic E-state index is 0.495. The molecule has 0 aliphatic heterocycles. The molecule has 0 radical (unpaired) electrons. The molecule has 0 unspecified atom stereocenters. The van der Waals surface area contributed by atoms with Gasteiger partial charge < -0.3 is 0 Å². The first-order valence-electron chi connectivity index (χ1n) is 16.9. The number of aromatic nitrogens is 8. The van der Waals surface area contributed by atoms with Crippen LogP contribution in [0.5, 0.6) is 0 Å². The second-order valence-electron chi connectivity index (χ2n) is 12.5. The van der Waals surface area contributed by atoms with E-state index in [1.165, 1.54) is 0 Å². The van der Waals surface area contributed by atoms with Crippen molar-refractivity contribution in [2.75, 3.05) is 0 Å². The fraction of sp³-hybridized carbons (Fsp3) is 0. The minimum absolute atomic E-state index is 0.495. The first-order chi connectivity index (χ1) is 25.8. The van der Waals surface area contributed by atoms with Crippen LogP contribution >= 0.6 is 0 Å². The molecule has 8 heteroatoms. The summed E-state index contributed by atoms with van der Waals surface area (Å²) in [5.41, 5.74) is 9.83. The van der Waals surface area contributed by atoms with Crippen molar-refractivity contribution in [1.29, 1.82) is 0 Å². The van der Waals surface area contributed by atoms with Gasteiger partial charge in [0.1, 0.15) is 5.69 Å². The maximum absolute atomic E-state index is 5.10. The van der Waals surface area contributed by atoms with Crippen molar-refractivity contribution in [3.63, 3.8) is 0 Å². The number of rotatable bonds is 5. The number of hydrogen-bond donors (Lipinski definition) is 0. The van der Waals surface area contributed by atoms with Gasteiger partial charge in [0.25, 0.3) is 0 Å². The summed E-state index contributed by atoms with van der Waals surface area (Å²) in [4.78, 5) is 38.7. The first kappa shape index (κ1) is 29.6. The van der Waals surface area contributed by atoms with Crippen LogP contribution in [-0.4, -0.2) is 39.9 Å². The molecule has 0 amide bonds.